The molecule has 0 aromatic heterocycles. The molecule has 0 fully saturated rings. The van der Waals surface area contributed by atoms with E-state index in [1.807, 2.05) is 12.1 Å². The molecule has 0 bridgehead atoms. The van der Waals surface area contributed by atoms with Crippen LogP contribution in [0.5, 0.6) is 0 Å². The predicted octanol–water partition coefficient (Wildman–Crippen LogP) is 2.34. The Morgan fingerprint density at radius 2 is 2.14 bits per heavy atom. The first-order valence-corrected chi connectivity index (χ1v) is 4.65. The van der Waals surface area contributed by atoms with Crippen LogP contribution in [-0.2, 0) is 11.2 Å². The third-order valence-electron chi connectivity index (χ3n) is 2.75. The minimum Gasteiger partial charge on any atom is -0.481 e. The molecule has 0 saturated carbocycles. The summed E-state index contributed by atoms with van der Waals surface area (Å²) < 4.78 is 13.7. The van der Waals surface area contributed by atoms with Crippen LogP contribution in [0.4, 0.5) is 4.39 Å². The molecule has 2 unspecified atom stereocenters. The summed E-state index contributed by atoms with van der Waals surface area (Å²) in [5, 5.41) is 8.79. The number of halogens is 1. The van der Waals surface area contributed by atoms with Crippen LogP contribution in [0.15, 0.2) is 24.3 Å². The van der Waals surface area contributed by atoms with E-state index in [9.17, 15) is 9.18 Å². The Hall–Kier alpha value is -1.38. The van der Waals surface area contributed by atoms with Crippen LogP contribution in [0.25, 0.3) is 0 Å². The first-order valence-electron chi connectivity index (χ1n) is 4.65. The molecule has 0 aliphatic heterocycles. The monoisotopic (exact) mass is 194 g/mol. The van der Waals surface area contributed by atoms with E-state index in [2.05, 4.69) is 0 Å². The average molecular weight is 194 g/mol. The van der Waals surface area contributed by atoms with Crippen molar-refractivity contribution in [3.8, 4) is 0 Å². The molecule has 0 heterocycles. The first kappa shape index (κ1) is 9.19. The van der Waals surface area contributed by atoms with Crippen molar-refractivity contribution in [3.63, 3.8) is 0 Å². The molecule has 1 aromatic carbocycles. The maximum Gasteiger partial charge on any atom is 0.309 e. The summed E-state index contributed by atoms with van der Waals surface area (Å²) in [6.45, 7) is 0. The molecule has 2 nitrogen and oxygen atoms in total. The van der Waals surface area contributed by atoms with Crippen molar-refractivity contribution in [1.82, 2.24) is 0 Å². The Morgan fingerprint density at radius 3 is 2.86 bits per heavy atom. The van der Waals surface area contributed by atoms with Crippen molar-refractivity contribution in [2.45, 2.75) is 19.0 Å². The van der Waals surface area contributed by atoms with E-state index in [0.717, 1.165) is 5.56 Å². The smallest absolute Gasteiger partial charge is 0.309 e. The summed E-state index contributed by atoms with van der Waals surface area (Å²) >= 11 is 0. The number of benzene rings is 1. The van der Waals surface area contributed by atoms with Gasteiger partial charge < -0.3 is 5.11 Å². The van der Waals surface area contributed by atoms with Crippen LogP contribution in [0, 0.1) is 5.92 Å². The molecule has 0 saturated heterocycles. The number of rotatable bonds is 1. The van der Waals surface area contributed by atoms with Gasteiger partial charge in [0.05, 0.1) is 5.92 Å². The molecule has 0 spiro atoms. The molecule has 0 amide bonds. The van der Waals surface area contributed by atoms with Crippen molar-refractivity contribution in [2.75, 3.05) is 0 Å². The number of aryl methyl sites for hydroxylation is 1. The van der Waals surface area contributed by atoms with E-state index in [1.54, 1.807) is 12.1 Å². The van der Waals surface area contributed by atoms with E-state index in [0.29, 0.717) is 18.4 Å². The molecule has 14 heavy (non-hydrogen) atoms. The molecule has 0 radical (unpaired) electrons. The number of carboxylic acids is 1. The van der Waals surface area contributed by atoms with Crippen molar-refractivity contribution < 1.29 is 14.3 Å². The van der Waals surface area contributed by atoms with Crippen LogP contribution in [0.2, 0.25) is 0 Å². The standard InChI is InChI=1S/C11H11FO2/c12-10-8-4-2-1-3-7(8)5-6-9(10)11(13)14/h1-4,9-10H,5-6H2,(H,13,14). The lowest BCUT2D eigenvalue weighted by Gasteiger charge is -2.25. The van der Waals surface area contributed by atoms with Gasteiger partial charge in [-0.05, 0) is 24.0 Å². The van der Waals surface area contributed by atoms with Crippen LogP contribution in [0.3, 0.4) is 0 Å². The van der Waals surface area contributed by atoms with Crippen molar-refractivity contribution in [3.05, 3.63) is 35.4 Å². The maximum absolute atomic E-state index is 13.7. The second kappa shape index (κ2) is 3.40. The van der Waals surface area contributed by atoms with Gasteiger partial charge in [0.2, 0.25) is 0 Å². The highest BCUT2D eigenvalue weighted by Gasteiger charge is 2.34. The van der Waals surface area contributed by atoms with Gasteiger partial charge in [-0.1, -0.05) is 24.3 Å². The Bertz CT molecular complexity index is 362. The highest BCUT2D eigenvalue weighted by atomic mass is 19.1. The van der Waals surface area contributed by atoms with E-state index >= 15 is 0 Å². The number of hydrogen-bond acceptors (Lipinski definition) is 1. The highest BCUT2D eigenvalue weighted by Crippen LogP contribution is 2.37. The average Bonchev–Trinajstić information content (AvgIpc) is 2.18. The minimum atomic E-state index is -1.35. The molecule has 3 heteroatoms. The van der Waals surface area contributed by atoms with Gasteiger partial charge in [0.15, 0.2) is 0 Å². The number of aliphatic carboxylic acids is 1. The van der Waals surface area contributed by atoms with E-state index < -0.39 is 18.1 Å². The Kier molecular flexibility index (Phi) is 2.23. The zero-order valence-corrected chi connectivity index (χ0v) is 7.61. The molecule has 1 aromatic rings. The molecule has 2 rings (SSSR count). The summed E-state index contributed by atoms with van der Waals surface area (Å²) in [5.74, 6) is -1.91. The van der Waals surface area contributed by atoms with Crippen LogP contribution < -0.4 is 0 Å². The summed E-state index contributed by atoms with van der Waals surface area (Å²) in [5.41, 5.74) is 1.49. The van der Waals surface area contributed by atoms with Gasteiger partial charge in [0.25, 0.3) is 0 Å². The molecule has 74 valence electrons. The van der Waals surface area contributed by atoms with Gasteiger partial charge in [-0.2, -0.15) is 0 Å². The second-order valence-electron chi connectivity index (χ2n) is 3.58. The number of alkyl halides is 1. The third-order valence-corrected chi connectivity index (χ3v) is 2.75. The fourth-order valence-electron chi connectivity index (χ4n) is 1.95. The predicted molar refractivity (Wildman–Crippen MR) is 49.7 cm³/mol. The first-order chi connectivity index (χ1) is 6.70. The van der Waals surface area contributed by atoms with E-state index in [-0.39, 0.29) is 0 Å². The van der Waals surface area contributed by atoms with Gasteiger partial charge in [-0.25, -0.2) is 4.39 Å². The second-order valence-corrected chi connectivity index (χ2v) is 3.58. The quantitative estimate of drug-likeness (QED) is 0.745. The van der Waals surface area contributed by atoms with Gasteiger partial charge >= 0.3 is 5.97 Å². The van der Waals surface area contributed by atoms with Crippen LogP contribution >= 0.6 is 0 Å². The number of carbonyl (C=O) groups is 1. The number of fused-ring (bicyclic) bond motifs is 1. The molecular formula is C11H11FO2. The van der Waals surface area contributed by atoms with E-state index in [1.165, 1.54) is 0 Å². The van der Waals surface area contributed by atoms with Gasteiger partial charge in [0, 0.05) is 0 Å². The lowest BCUT2D eigenvalue weighted by atomic mass is 9.82. The molecule has 2 atom stereocenters. The number of carboxylic acid groups (broad SMARTS) is 1. The molecule has 1 aliphatic rings. The fraction of sp³-hybridized carbons (Fsp3) is 0.364. The largest absolute Gasteiger partial charge is 0.481 e. The SMILES string of the molecule is O=C(O)C1CCc2ccccc2C1F. The lowest BCUT2D eigenvalue weighted by molar-refractivity contribution is -0.144. The summed E-state index contributed by atoms with van der Waals surface area (Å²) in [4.78, 5) is 10.7. The zero-order valence-electron chi connectivity index (χ0n) is 7.61. The van der Waals surface area contributed by atoms with Crippen LogP contribution in [-0.4, -0.2) is 11.1 Å². The normalized spacial score (nSPS) is 25.5. The van der Waals surface area contributed by atoms with E-state index in [4.69, 9.17) is 5.11 Å². The topological polar surface area (TPSA) is 37.3 Å². The Balaban J connectivity index is 2.36. The fourth-order valence-corrected chi connectivity index (χ4v) is 1.95. The number of hydrogen-bond donors (Lipinski definition) is 1. The van der Waals surface area contributed by atoms with Gasteiger partial charge in [0.1, 0.15) is 6.17 Å². The molecule has 1 aliphatic carbocycles. The Morgan fingerprint density at radius 1 is 1.43 bits per heavy atom. The highest BCUT2D eigenvalue weighted by molar-refractivity contribution is 5.71. The Labute approximate surface area is 81.4 Å². The summed E-state index contributed by atoms with van der Waals surface area (Å²) in [6.07, 6.45) is -0.293. The minimum absolute atomic E-state index is 0.396. The van der Waals surface area contributed by atoms with Crippen molar-refractivity contribution >= 4 is 5.97 Å². The van der Waals surface area contributed by atoms with Gasteiger partial charge in [-0.15, -0.1) is 0 Å². The maximum atomic E-state index is 13.7. The third kappa shape index (κ3) is 1.39. The van der Waals surface area contributed by atoms with Crippen molar-refractivity contribution in [1.29, 1.82) is 0 Å². The summed E-state index contributed by atoms with van der Waals surface area (Å²) in [6, 6.07) is 7.14. The van der Waals surface area contributed by atoms with Crippen molar-refractivity contribution in [2.24, 2.45) is 5.92 Å². The van der Waals surface area contributed by atoms with Crippen LogP contribution in [0.1, 0.15) is 23.7 Å². The zero-order chi connectivity index (χ0) is 10.1. The molecule has 1 N–H and O–H groups in total. The summed E-state index contributed by atoms with van der Waals surface area (Å²) in [7, 11) is 0. The lowest BCUT2D eigenvalue weighted by Crippen LogP contribution is -2.24. The van der Waals surface area contributed by atoms with Gasteiger partial charge in [-0.3, -0.25) is 4.79 Å². The molecular weight excluding hydrogens is 183 g/mol.